The van der Waals surface area contributed by atoms with Gasteiger partial charge in [0.05, 0.1) is 11.4 Å². The highest BCUT2D eigenvalue weighted by Gasteiger charge is 2.41. The Bertz CT molecular complexity index is 483. The fourth-order valence-corrected chi connectivity index (χ4v) is 2.94. The lowest BCUT2D eigenvalue weighted by molar-refractivity contribution is 0.172. The number of hydrogen-bond donors (Lipinski definition) is 2. The molecule has 0 radical (unpaired) electrons. The second kappa shape index (κ2) is 4.22. The molecule has 2 aliphatic carbocycles. The van der Waals surface area contributed by atoms with Gasteiger partial charge in [0.1, 0.15) is 13.2 Å². The number of ether oxygens (including phenoxy) is 2. The van der Waals surface area contributed by atoms with Crippen molar-refractivity contribution in [2.45, 2.75) is 31.7 Å². The fraction of sp³-hybridized carbons (Fsp3) is 0.600. The Labute approximate surface area is 113 Å². The molecular weight excluding hydrogens is 240 g/mol. The van der Waals surface area contributed by atoms with Crippen molar-refractivity contribution in [3.05, 3.63) is 12.1 Å². The van der Waals surface area contributed by atoms with Crippen LogP contribution in [0.25, 0.3) is 0 Å². The summed E-state index contributed by atoms with van der Waals surface area (Å²) in [5.74, 6) is 3.28. The monoisotopic (exact) mass is 260 g/mol. The van der Waals surface area contributed by atoms with Gasteiger partial charge >= 0.3 is 0 Å². The van der Waals surface area contributed by atoms with Crippen LogP contribution in [-0.2, 0) is 0 Å². The molecule has 0 aromatic heterocycles. The maximum atomic E-state index is 6.14. The quantitative estimate of drug-likeness (QED) is 0.817. The second-order valence-electron chi connectivity index (χ2n) is 5.93. The van der Waals surface area contributed by atoms with Crippen molar-refractivity contribution < 1.29 is 9.47 Å². The first-order chi connectivity index (χ1) is 9.31. The number of rotatable bonds is 4. The lowest BCUT2D eigenvalue weighted by Gasteiger charge is -2.24. The molecule has 3 N–H and O–H groups in total. The Kier molecular flexibility index (Phi) is 2.50. The summed E-state index contributed by atoms with van der Waals surface area (Å²) in [6.07, 6.45) is 5.44. The predicted molar refractivity (Wildman–Crippen MR) is 74.7 cm³/mol. The van der Waals surface area contributed by atoms with Gasteiger partial charge in [0, 0.05) is 18.2 Å². The molecule has 3 aliphatic rings. The minimum absolute atomic E-state index is 0.602. The highest BCUT2D eigenvalue weighted by Crippen LogP contribution is 2.47. The van der Waals surface area contributed by atoms with Gasteiger partial charge in [-0.25, -0.2) is 0 Å². The highest BCUT2D eigenvalue weighted by atomic mass is 16.6. The van der Waals surface area contributed by atoms with Gasteiger partial charge in [-0.05, 0) is 37.5 Å². The standard InChI is InChI=1S/C15H20N2O2/c16-11-7-13-14(19-6-5-18-13)8-12(11)17-15(9-1-2-9)10-3-4-10/h7-10,15,17H,1-6,16H2. The van der Waals surface area contributed by atoms with E-state index in [1.165, 1.54) is 25.7 Å². The minimum Gasteiger partial charge on any atom is -0.486 e. The third-order valence-electron chi connectivity index (χ3n) is 4.30. The smallest absolute Gasteiger partial charge is 0.163 e. The molecule has 0 amide bonds. The van der Waals surface area contributed by atoms with Crippen LogP contribution in [-0.4, -0.2) is 19.3 Å². The van der Waals surface area contributed by atoms with Crippen molar-refractivity contribution in [2.24, 2.45) is 11.8 Å². The molecule has 2 fully saturated rings. The third-order valence-corrected chi connectivity index (χ3v) is 4.30. The van der Waals surface area contributed by atoms with Crippen molar-refractivity contribution in [1.29, 1.82) is 0 Å². The fourth-order valence-electron chi connectivity index (χ4n) is 2.94. The SMILES string of the molecule is Nc1cc2c(cc1NC(C1CC1)C1CC1)OCCO2. The summed E-state index contributed by atoms with van der Waals surface area (Å²) in [5.41, 5.74) is 7.90. The summed E-state index contributed by atoms with van der Waals surface area (Å²) in [6.45, 7) is 1.22. The van der Waals surface area contributed by atoms with E-state index in [2.05, 4.69) is 5.32 Å². The van der Waals surface area contributed by atoms with Gasteiger partial charge in [-0.1, -0.05) is 0 Å². The molecule has 4 nitrogen and oxygen atoms in total. The van der Waals surface area contributed by atoms with Crippen LogP contribution in [0.3, 0.4) is 0 Å². The number of nitrogen functional groups attached to an aromatic ring is 1. The first-order valence-electron chi connectivity index (χ1n) is 7.27. The van der Waals surface area contributed by atoms with E-state index in [1.807, 2.05) is 12.1 Å². The van der Waals surface area contributed by atoms with Crippen molar-refractivity contribution in [3.63, 3.8) is 0 Å². The molecule has 1 aliphatic heterocycles. The van der Waals surface area contributed by atoms with Crippen LogP contribution >= 0.6 is 0 Å². The molecule has 1 heterocycles. The number of hydrogen-bond acceptors (Lipinski definition) is 4. The lowest BCUT2D eigenvalue weighted by Crippen LogP contribution is -2.25. The number of nitrogens with one attached hydrogen (secondary N) is 1. The van der Waals surface area contributed by atoms with E-state index in [0.717, 1.165) is 34.7 Å². The van der Waals surface area contributed by atoms with E-state index in [-0.39, 0.29) is 0 Å². The van der Waals surface area contributed by atoms with E-state index < -0.39 is 0 Å². The summed E-state index contributed by atoms with van der Waals surface area (Å²) in [4.78, 5) is 0. The first-order valence-corrected chi connectivity index (χ1v) is 7.27. The van der Waals surface area contributed by atoms with Crippen molar-refractivity contribution in [1.82, 2.24) is 0 Å². The third kappa shape index (κ3) is 2.20. The van der Waals surface area contributed by atoms with Crippen LogP contribution < -0.4 is 20.5 Å². The summed E-state index contributed by atoms with van der Waals surface area (Å²) >= 11 is 0. The zero-order chi connectivity index (χ0) is 12.8. The summed E-state index contributed by atoms with van der Waals surface area (Å²) in [5, 5.41) is 3.66. The van der Waals surface area contributed by atoms with E-state index in [9.17, 15) is 0 Å². The van der Waals surface area contributed by atoms with Crippen LogP contribution in [0.1, 0.15) is 25.7 Å². The van der Waals surface area contributed by atoms with Gasteiger partial charge in [0.2, 0.25) is 0 Å². The van der Waals surface area contributed by atoms with Crippen molar-refractivity contribution in [2.75, 3.05) is 24.3 Å². The number of fused-ring (bicyclic) bond motifs is 1. The topological polar surface area (TPSA) is 56.5 Å². The molecule has 1 aromatic rings. The number of anilines is 2. The largest absolute Gasteiger partial charge is 0.486 e. The van der Waals surface area contributed by atoms with Crippen LogP contribution in [0.4, 0.5) is 11.4 Å². The molecule has 1 aromatic carbocycles. The molecule has 4 heteroatoms. The van der Waals surface area contributed by atoms with Crippen LogP contribution in [0.15, 0.2) is 12.1 Å². The van der Waals surface area contributed by atoms with E-state index in [4.69, 9.17) is 15.2 Å². The normalized spacial score (nSPS) is 21.5. The maximum absolute atomic E-state index is 6.14. The molecule has 0 bridgehead atoms. The van der Waals surface area contributed by atoms with Gasteiger partial charge in [0.25, 0.3) is 0 Å². The lowest BCUT2D eigenvalue weighted by atomic mass is 10.1. The predicted octanol–water partition coefficient (Wildman–Crippen LogP) is 2.64. The maximum Gasteiger partial charge on any atom is 0.163 e. The van der Waals surface area contributed by atoms with E-state index in [0.29, 0.717) is 19.3 Å². The molecular formula is C15H20N2O2. The zero-order valence-electron chi connectivity index (χ0n) is 11.0. The average molecular weight is 260 g/mol. The Balaban J connectivity index is 1.59. The Morgan fingerprint density at radius 2 is 1.58 bits per heavy atom. The molecule has 19 heavy (non-hydrogen) atoms. The highest BCUT2D eigenvalue weighted by molar-refractivity contribution is 5.72. The van der Waals surface area contributed by atoms with Crippen molar-refractivity contribution in [3.8, 4) is 11.5 Å². The second-order valence-corrected chi connectivity index (χ2v) is 5.93. The number of benzene rings is 1. The molecule has 0 spiro atoms. The molecule has 0 atom stereocenters. The molecule has 0 unspecified atom stereocenters. The van der Waals surface area contributed by atoms with E-state index >= 15 is 0 Å². The summed E-state index contributed by atoms with van der Waals surface area (Å²) in [7, 11) is 0. The molecule has 4 rings (SSSR count). The Hall–Kier alpha value is -1.58. The van der Waals surface area contributed by atoms with Crippen LogP contribution in [0.5, 0.6) is 11.5 Å². The van der Waals surface area contributed by atoms with Gasteiger partial charge in [-0.3, -0.25) is 0 Å². The Morgan fingerprint density at radius 3 is 2.16 bits per heavy atom. The van der Waals surface area contributed by atoms with Gasteiger partial charge in [-0.15, -0.1) is 0 Å². The average Bonchev–Trinajstić information content (AvgIpc) is 3.28. The molecule has 2 saturated carbocycles. The summed E-state index contributed by atoms with van der Waals surface area (Å²) < 4.78 is 11.2. The molecule has 102 valence electrons. The van der Waals surface area contributed by atoms with Gasteiger partial charge in [-0.2, -0.15) is 0 Å². The summed E-state index contributed by atoms with van der Waals surface area (Å²) in [6, 6.07) is 4.49. The van der Waals surface area contributed by atoms with Crippen molar-refractivity contribution >= 4 is 11.4 Å². The molecule has 0 saturated heterocycles. The zero-order valence-corrected chi connectivity index (χ0v) is 11.0. The first kappa shape index (κ1) is 11.3. The van der Waals surface area contributed by atoms with Gasteiger partial charge in [0.15, 0.2) is 11.5 Å². The van der Waals surface area contributed by atoms with E-state index in [1.54, 1.807) is 0 Å². The van der Waals surface area contributed by atoms with Crippen LogP contribution in [0, 0.1) is 11.8 Å². The minimum atomic E-state index is 0.602. The Morgan fingerprint density at radius 1 is 1.00 bits per heavy atom. The number of nitrogens with two attached hydrogens (primary N) is 1. The van der Waals surface area contributed by atoms with Gasteiger partial charge < -0.3 is 20.5 Å². The van der Waals surface area contributed by atoms with Crippen LogP contribution in [0.2, 0.25) is 0 Å².